The van der Waals surface area contributed by atoms with Gasteiger partial charge >= 0.3 is 18.1 Å². The molecule has 4 rings (SSSR count). The highest BCUT2D eigenvalue weighted by atomic mass is 32.2. The lowest BCUT2D eigenvalue weighted by molar-refractivity contribution is -0.192. The summed E-state index contributed by atoms with van der Waals surface area (Å²) in [7, 11) is -4.15. The van der Waals surface area contributed by atoms with E-state index in [0.29, 0.717) is 31.9 Å². The molecule has 1 aliphatic heterocycles. The van der Waals surface area contributed by atoms with Crippen LogP contribution in [0.15, 0.2) is 71.6 Å². The average Bonchev–Trinajstić information content (AvgIpc) is 2.89. The van der Waals surface area contributed by atoms with E-state index in [1.54, 1.807) is 18.2 Å². The first kappa shape index (κ1) is 30.1. The summed E-state index contributed by atoms with van der Waals surface area (Å²) < 4.78 is 86.6. The number of sulfonamides is 1. The molecule has 0 spiro atoms. The molecule has 0 saturated carbocycles. The van der Waals surface area contributed by atoms with Gasteiger partial charge in [-0.15, -0.1) is 0 Å². The number of alkyl halides is 3. The highest BCUT2D eigenvalue weighted by molar-refractivity contribution is 7.92. The van der Waals surface area contributed by atoms with E-state index in [4.69, 9.17) is 9.90 Å². The van der Waals surface area contributed by atoms with Gasteiger partial charge in [0.1, 0.15) is 11.6 Å². The Labute approximate surface area is 225 Å². The summed E-state index contributed by atoms with van der Waals surface area (Å²) in [6, 6.07) is 15.0. The average molecular weight is 588 g/mol. The number of aliphatic carboxylic acids is 1. The van der Waals surface area contributed by atoms with Crippen LogP contribution in [0.2, 0.25) is 0 Å². The Kier molecular flexibility index (Phi) is 9.19. The van der Waals surface area contributed by atoms with Crippen LogP contribution >= 0.6 is 0 Å². The van der Waals surface area contributed by atoms with Crippen LogP contribution in [0.4, 0.5) is 39.0 Å². The van der Waals surface area contributed by atoms with Gasteiger partial charge in [-0.25, -0.2) is 26.8 Å². The molecule has 3 N–H and O–H groups in total. The van der Waals surface area contributed by atoms with Gasteiger partial charge in [0.05, 0.1) is 21.8 Å². The van der Waals surface area contributed by atoms with Gasteiger partial charge in [-0.1, -0.05) is 6.07 Å². The minimum absolute atomic E-state index is 0.0827. The monoisotopic (exact) mass is 587 g/mol. The predicted molar refractivity (Wildman–Crippen MR) is 135 cm³/mol. The number of carbonyl (C=O) groups is 2. The Morgan fingerprint density at radius 2 is 1.38 bits per heavy atom. The van der Waals surface area contributed by atoms with E-state index in [2.05, 4.69) is 9.62 Å². The molecule has 9 nitrogen and oxygen atoms in total. The zero-order chi connectivity index (χ0) is 29.7. The van der Waals surface area contributed by atoms with E-state index in [1.165, 1.54) is 36.4 Å². The quantitative estimate of drug-likeness (QED) is 0.362. The van der Waals surface area contributed by atoms with Gasteiger partial charge in [-0.3, -0.25) is 4.72 Å². The fraction of sp³-hybridized carbons (Fsp3) is 0.200. The summed E-state index contributed by atoms with van der Waals surface area (Å²) in [5.74, 6) is -4.97. The maximum Gasteiger partial charge on any atom is 0.490 e. The highest BCUT2D eigenvalue weighted by Crippen LogP contribution is 2.31. The Bertz CT molecular complexity index is 1480. The standard InChI is InChI=1S/C23H21F2N3O4S.C2HF3O2/c24-17-5-7-19(8-6-17)27-10-12-28(13-11-27)22-9-4-16(23(29)30)14-21(22)26-33(31,32)20-3-1-2-18(25)15-20;3-2(4,5)1(6)7/h1-9,14-15,26H,10-13H2,(H,29,30);(H,6,7). The molecule has 15 heteroatoms. The van der Waals surface area contributed by atoms with Gasteiger partial charge in [0.15, 0.2) is 0 Å². The summed E-state index contributed by atoms with van der Waals surface area (Å²) in [6.45, 7) is 2.25. The number of carboxylic acid groups (broad SMARTS) is 2. The van der Waals surface area contributed by atoms with E-state index in [1.807, 2.05) is 4.90 Å². The normalized spacial score (nSPS) is 13.7. The van der Waals surface area contributed by atoms with Crippen molar-refractivity contribution in [2.75, 3.05) is 40.7 Å². The van der Waals surface area contributed by atoms with E-state index < -0.39 is 34.0 Å². The maximum atomic E-state index is 13.6. The van der Waals surface area contributed by atoms with Crippen LogP contribution in [0.1, 0.15) is 10.4 Å². The third-order valence-corrected chi connectivity index (χ3v) is 7.01. The molecule has 3 aromatic carbocycles. The number of anilines is 3. The number of hydrogen-bond acceptors (Lipinski definition) is 6. The van der Waals surface area contributed by atoms with Crippen molar-refractivity contribution in [2.45, 2.75) is 11.1 Å². The predicted octanol–water partition coefficient (Wildman–Crippen LogP) is 4.42. The molecule has 3 aromatic rings. The van der Waals surface area contributed by atoms with Crippen LogP contribution in [-0.4, -0.2) is 62.9 Å². The summed E-state index contributed by atoms with van der Waals surface area (Å²) in [5.41, 5.74) is 1.40. The van der Waals surface area contributed by atoms with Crippen LogP contribution in [0.25, 0.3) is 0 Å². The van der Waals surface area contributed by atoms with Crippen LogP contribution in [0.3, 0.4) is 0 Å². The first-order chi connectivity index (χ1) is 18.7. The molecule has 0 unspecified atom stereocenters. The number of benzene rings is 3. The number of rotatable bonds is 6. The van der Waals surface area contributed by atoms with E-state index >= 15 is 0 Å². The van der Waals surface area contributed by atoms with Gasteiger partial charge in [0.25, 0.3) is 10.0 Å². The second-order valence-corrected chi connectivity index (χ2v) is 10.0. The minimum Gasteiger partial charge on any atom is -0.478 e. The second-order valence-electron chi connectivity index (χ2n) is 8.35. The molecule has 0 bridgehead atoms. The number of carboxylic acids is 2. The van der Waals surface area contributed by atoms with Crippen molar-refractivity contribution in [1.29, 1.82) is 0 Å². The Balaban J connectivity index is 0.000000559. The molecule has 1 heterocycles. The number of aromatic carboxylic acids is 1. The fourth-order valence-corrected chi connectivity index (χ4v) is 4.82. The van der Waals surface area contributed by atoms with Gasteiger partial charge in [0, 0.05) is 31.9 Å². The third kappa shape index (κ3) is 7.81. The molecule has 0 aromatic heterocycles. The molecule has 0 atom stereocenters. The topological polar surface area (TPSA) is 127 Å². The van der Waals surface area contributed by atoms with Crippen molar-refractivity contribution in [3.05, 3.63) is 83.9 Å². The van der Waals surface area contributed by atoms with Gasteiger partial charge < -0.3 is 20.0 Å². The largest absolute Gasteiger partial charge is 0.490 e. The lowest BCUT2D eigenvalue weighted by Gasteiger charge is -2.38. The minimum atomic E-state index is -5.08. The third-order valence-electron chi connectivity index (χ3n) is 5.65. The summed E-state index contributed by atoms with van der Waals surface area (Å²) in [6.07, 6.45) is -5.08. The van der Waals surface area contributed by atoms with Gasteiger partial charge in [-0.05, 0) is 60.7 Å². The molecule has 0 radical (unpaired) electrons. The van der Waals surface area contributed by atoms with Crippen LogP contribution in [-0.2, 0) is 14.8 Å². The SMILES string of the molecule is O=C(O)C(F)(F)F.O=C(O)c1ccc(N2CCN(c3ccc(F)cc3)CC2)c(NS(=O)(=O)c2cccc(F)c2)c1. The Morgan fingerprint density at radius 1 is 0.800 bits per heavy atom. The lowest BCUT2D eigenvalue weighted by Crippen LogP contribution is -2.46. The van der Waals surface area contributed by atoms with Crippen LogP contribution in [0, 0.1) is 11.6 Å². The number of piperazine rings is 1. The molecule has 40 heavy (non-hydrogen) atoms. The summed E-state index contributed by atoms with van der Waals surface area (Å²) >= 11 is 0. The molecule has 0 aliphatic carbocycles. The van der Waals surface area contributed by atoms with E-state index in [0.717, 1.165) is 17.8 Å². The molecule has 214 valence electrons. The Morgan fingerprint density at radius 3 is 1.90 bits per heavy atom. The lowest BCUT2D eigenvalue weighted by atomic mass is 10.1. The number of halogens is 5. The highest BCUT2D eigenvalue weighted by Gasteiger charge is 2.38. The Hall–Kier alpha value is -4.40. The zero-order valence-corrected chi connectivity index (χ0v) is 21.2. The molecule has 1 aliphatic rings. The van der Waals surface area contributed by atoms with Crippen LogP contribution < -0.4 is 14.5 Å². The zero-order valence-electron chi connectivity index (χ0n) is 20.4. The number of hydrogen-bond donors (Lipinski definition) is 3. The smallest absolute Gasteiger partial charge is 0.478 e. The number of nitrogens with zero attached hydrogens (tertiary/aromatic N) is 2. The first-order valence-electron chi connectivity index (χ1n) is 11.4. The van der Waals surface area contributed by atoms with Gasteiger partial charge in [0.2, 0.25) is 0 Å². The first-order valence-corrected chi connectivity index (χ1v) is 12.9. The van der Waals surface area contributed by atoms with Crippen molar-refractivity contribution in [3.8, 4) is 0 Å². The van der Waals surface area contributed by atoms with E-state index in [9.17, 15) is 40.3 Å². The molecule has 0 amide bonds. The molecular weight excluding hydrogens is 565 g/mol. The molecular formula is C25H22F5N3O6S. The van der Waals surface area contributed by atoms with Crippen molar-refractivity contribution >= 4 is 39.0 Å². The summed E-state index contributed by atoms with van der Waals surface area (Å²) in [5, 5.41) is 16.5. The van der Waals surface area contributed by atoms with Crippen molar-refractivity contribution in [1.82, 2.24) is 0 Å². The van der Waals surface area contributed by atoms with E-state index in [-0.39, 0.29) is 22.0 Å². The van der Waals surface area contributed by atoms with Crippen LogP contribution in [0.5, 0.6) is 0 Å². The maximum absolute atomic E-state index is 13.6. The summed E-state index contributed by atoms with van der Waals surface area (Å²) in [4.78, 5) is 24.1. The number of nitrogens with one attached hydrogen (secondary N) is 1. The van der Waals surface area contributed by atoms with Crippen molar-refractivity contribution < 1.29 is 50.2 Å². The van der Waals surface area contributed by atoms with Crippen molar-refractivity contribution in [2.24, 2.45) is 0 Å². The molecule has 1 saturated heterocycles. The fourth-order valence-electron chi connectivity index (χ4n) is 3.72. The molecule has 1 fully saturated rings. The van der Waals surface area contributed by atoms with Crippen molar-refractivity contribution in [3.63, 3.8) is 0 Å². The second kappa shape index (κ2) is 12.2. The van der Waals surface area contributed by atoms with Gasteiger partial charge in [-0.2, -0.15) is 13.2 Å².